The Morgan fingerprint density at radius 3 is 2.88 bits per heavy atom. The third-order valence-electron chi connectivity index (χ3n) is 2.85. The van der Waals surface area contributed by atoms with Crippen LogP contribution >= 0.6 is 0 Å². The molecule has 1 aliphatic heterocycles. The Labute approximate surface area is 96.5 Å². The average molecular weight is 235 g/mol. The number of fused-ring (bicyclic) bond motifs is 3. The smallest absolute Gasteiger partial charge is 0.217 e. The Bertz CT molecular complexity index is 576. The standard InChI is InChI=1S/C11H13N3OS/c1-8(2)14-7-13-10-6-4-3-5-9(10)12-11(13)16(14)15/h3-6,8H,7H2,1-2H3. The predicted molar refractivity (Wildman–Crippen MR) is 63.1 cm³/mol. The molecule has 5 heteroatoms. The molecular formula is C11H13N3OS. The summed E-state index contributed by atoms with van der Waals surface area (Å²) in [7, 11) is -1.11. The number of nitrogens with zero attached hydrogens (tertiary/aromatic N) is 3. The van der Waals surface area contributed by atoms with E-state index in [4.69, 9.17) is 0 Å². The van der Waals surface area contributed by atoms with Crippen molar-refractivity contribution in [1.29, 1.82) is 0 Å². The third kappa shape index (κ3) is 1.25. The second-order valence-corrected chi connectivity index (χ2v) is 5.55. The molecule has 1 atom stereocenters. The van der Waals surface area contributed by atoms with E-state index in [1.807, 2.05) is 47.0 Å². The lowest BCUT2D eigenvalue weighted by Crippen LogP contribution is -2.28. The lowest BCUT2D eigenvalue weighted by molar-refractivity contribution is 0.336. The maximum absolute atomic E-state index is 12.2. The minimum atomic E-state index is -1.11. The molecule has 84 valence electrons. The highest BCUT2D eigenvalue weighted by atomic mass is 32.2. The maximum atomic E-state index is 12.2. The Morgan fingerprint density at radius 2 is 2.12 bits per heavy atom. The van der Waals surface area contributed by atoms with Crippen molar-refractivity contribution in [3.05, 3.63) is 24.3 Å². The molecule has 0 aliphatic carbocycles. The number of para-hydroxylation sites is 2. The van der Waals surface area contributed by atoms with Crippen LogP contribution in [0, 0.1) is 0 Å². The molecule has 1 unspecified atom stereocenters. The molecule has 0 amide bonds. The van der Waals surface area contributed by atoms with Gasteiger partial charge in [0.1, 0.15) is 0 Å². The molecule has 16 heavy (non-hydrogen) atoms. The quantitative estimate of drug-likeness (QED) is 0.755. The molecule has 0 bridgehead atoms. The normalized spacial score (nSPS) is 20.8. The fourth-order valence-electron chi connectivity index (χ4n) is 1.97. The molecule has 1 aliphatic rings. The van der Waals surface area contributed by atoms with Crippen LogP contribution in [0.2, 0.25) is 0 Å². The first-order chi connectivity index (χ1) is 7.68. The molecule has 0 N–H and O–H groups in total. The summed E-state index contributed by atoms with van der Waals surface area (Å²) in [5.74, 6) is 0. The van der Waals surface area contributed by atoms with Gasteiger partial charge in [-0.15, -0.1) is 0 Å². The molecular weight excluding hydrogens is 222 g/mol. The minimum Gasteiger partial charge on any atom is -0.301 e. The zero-order valence-electron chi connectivity index (χ0n) is 9.25. The number of rotatable bonds is 1. The van der Waals surface area contributed by atoms with Gasteiger partial charge in [-0.1, -0.05) is 12.1 Å². The maximum Gasteiger partial charge on any atom is 0.217 e. The highest BCUT2D eigenvalue weighted by Gasteiger charge is 2.31. The van der Waals surface area contributed by atoms with E-state index in [1.165, 1.54) is 0 Å². The van der Waals surface area contributed by atoms with E-state index < -0.39 is 11.0 Å². The first-order valence-electron chi connectivity index (χ1n) is 5.32. The first kappa shape index (κ1) is 9.99. The summed E-state index contributed by atoms with van der Waals surface area (Å²) in [4.78, 5) is 4.43. The van der Waals surface area contributed by atoms with E-state index in [-0.39, 0.29) is 6.04 Å². The largest absolute Gasteiger partial charge is 0.301 e. The molecule has 1 aromatic heterocycles. The van der Waals surface area contributed by atoms with Gasteiger partial charge in [0, 0.05) is 6.04 Å². The van der Waals surface area contributed by atoms with Crippen molar-refractivity contribution in [2.75, 3.05) is 0 Å². The highest BCUT2D eigenvalue weighted by Crippen LogP contribution is 2.27. The summed E-state index contributed by atoms with van der Waals surface area (Å²) < 4.78 is 16.1. The van der Waals surface area contributed by atoms with Crippen LogP contribution in [0.15, 0.2) is 29.4 Å². The second-order valence-electron chi connectivity index (χ2n) is 4.21. The molecule has 0 saturated carbocycles. The van der Waals surface area contributed by atoms with Crippen molar-refractivity contribution in [3.63, 3.8) is 0 Å². The summed E-state index contributed by atoms with van der Waals surface area (Å²) in [5, 5.41) is 0.676. The highest BCUT2D eigenvalue weighted by molar-refractivity contribution is 7.82. The van der Waals surface area contributed by atoms with Gasteiger partial charge in [0.05, 0.1) is 17.7 Å². The van der Waals surface area contributed by atoms with E-state index in [0.717, 1.165) is 11.0 Å². The zero-order chi connectivity index (χ0) is 11.3. The molecule has 0 saturated heterocycles. The van der Waals surface area contributed by atoms with Crippen LogP contribution in [-0.4, -0.2) is 24.1 Å². The van der Waals surface area contributed by atoms with Crippen molar-refractivity contribution >= 4 is 22.0 Å². The van der Waals surface area contributed by atoms with E-state index in [9.17, 15) is 4.21 Å². The van der Waals surface area contributed by atoms with E-state index >= 15 is 0 Å². The Kier molecular flexibility index (Phi) is 2.12. The van der Waals surface area contributed by atoms with Gasteiger partial charge in [0.25, 0.3) is 0 Å². The zero-order valence-corrected chi connectivity index (χ0v) is 10.1. The van der Waals surface area contributed by atoms with Crippen molar-refractivity contribution in [1.82, 2.24) is 13.9 Å². The van der Waals surface area contributed by atoms with Gasteiger partial charge < -0.3 is 4.57 Å². The number of benzene rings is 1. The topological polar surface area (TPSA) is 38.1 Å². The Hall–Kier alpha value is -1.20. The monoisotopic (exact) mass is 235 g/mol. The predicted octanol–water partition coefficient (Wildman–Crippen LogP) is 1.74. The number of imidazole rings is 1. The summed E-state index contributed by atoms with van der Waals surface area (Å²) in [6.07, 6.45) is 0. The summed E-state index contributed by atoms with van der Waals surface area (Å²) >= 11 is 0. The molecule has 0 radical (unpaired) electrons. The van der Waals surface area contributed by atoms with E-state index in [2.05, 4.69) is 4.98 Å². The van der Waals surface area contributed by atoms with Crippen LogP contribution < -0.4 is 0 Å². The molecule has 3 rings (SSSR count). The number of hydrogen-bond donors (Lipinski definition) is 0. The van der Waals surface area contributed by atoms with Crippen LogP contribution in [0.1, 0.15) is 13.8 Å². The Morgan fingerprint density at radius 1 is 1.38 bits per heavy atom. The fraction of sp³-hybridized carbons (Fsp3) is 0.364. The lowest BCUT2D eigenvalue weighted by atomic mass is 10.3. The van der Waals surface area contributed by atoms with E-state index in [1.54, 1.807) is 0 Å². The van der Waals surface area contributed by atoms with Gasteiger partial charge in [-0.2, -0.15) is 4.31 Å². The van der Waals surface area contributed by atoms with Crippen LogP contribution in [-0.2, 0) is 17.7 Å². The summed E-state index contributed by atoms with van der Waals surface area (Å²) in [6.45, 7) is 4.76. The minimum absolute atomic E-state index is 0.265. The van der Waals surface area contributed by atoms with Crippen molar-refractivity contribution < 1.29 is 4.21 Å². The first-order valence-corrected chi connectivity index (χ1v) is 6.43. The van der Waals surface area contributed by atoms with Crippen LogP contribution in [0.5, 0.6) is 0 Å². The van der Waals surface area contributed by atoms with Gasteiger partial charge in [-0.3, -0.25) is 0 Å². The number of aromatic nitrogens is 2. The summed E-state index contributed by atoms with van der Waals surface area (Å²) in [6, 6.07) is 8.18. The van der Waals surface area contributed by atoms with Crippen molar-refractivity contribution in [2.24, 2.45) is 0 Å². The van der Waals surface area contributed by atoms with Gasteiger partial charge in [0.2, 0.25) is 5.16 Å². The summed E-state index contributed by atoms with van der Waals surface area (Å²) in [5.41, 5.74) is 1.99. The van der Waals surface area contributed by atoms with Crippen molar-refractivity contribution in [3.8, 4) is 0 Å². The second kappa shape index (κ2) is 3.40. The molecule has 4 nitrogen and oxygen atoms in total. The van der Waals surface area contributed by atoms with Crippen LogP contribution in [0.4, 0.5) is 0 Å². The van der Waals surface area contributed by atoms with E-state index in [0.29, 0.717) is 11.8 Å². The SMILES string of the molecule is CC(C)N1Cn2c(nc3ccccc32)S1=O. The third-order valence-corrected chi connectivity index (χ3v) is 4.43. The molecule has 2 heterocycles. The van der Waals surface area contributed by atoms with Gasteiger partial charge in [0.15, 0.2) is 11.0 Å². The molecule has 0 spiro atoms. The molecule has 0 fully saturated rings. The molecule has 2 aromatic rings. The van der Waals surface area contributed by atoms with Gasteiger partial charge >= 0.3 is 0 Å². The average Bonchev–Trinajstić information content (AvgIpc) is 2.76. The lowest BCUT2D eigenvalue weighted by Gasteiger charge is -2.16. The Balaban J connectivity index is 2.18. The fourth-order valence-corrected chi connectivity index (χ4v) is 3.31. The van der Waals surface area contributed by atoms with Crippen LogP contribution in [0.3, 0.4) is 0 Å². The van der Waals surface area contributed by atoms with Gasteiger partial charge in [-0.25, -0.2) is 9.19 Å². The van der Waals surface area contributed by atoms with Crippen molar-refractivity contribution in [2.45, 2.75) is 31.7 Å². The van der Waals surface area contributed by atoms with Gasteiger partial charge in [-0.05, 0) is 26.0 Å². The number of hydrogen-bond acceptors (Lipinski definition) is 2. The molecule has 1 aromatic carbocycles. The van der Waals surface area contributed by atoms with Crippen LogP contribution in [0.25, 0.3) is 11.0 Å².